The molecule has 0 aliphatic rings. The van der Waals surface area contributed by atoms with Gasteiger partial charge in [0.05, 0.1) is 18.4 Å². The molecule has 0 aliphatic carbocycles. The molecule has 0 radical (unpaired) electrons. The van der Waals surface area contributed by atoms with Gasteiger partial charge in [0, 0.05) is 24.6 Å². The SMILES string of the molecule is CCc1ccc(NC(=O)c2cncc(NCCc3ccccc3OC)c2)cc1. The Hall–Kier alpha value is -3.34. The third-order valence-corrected chi connectivity index (χ3v) is 4.54. The number of benzene rings is 2. The van der Waals surface area contributed by atoms with Crippen molar-refractivity contribution in [3.8, 4) is 5.75 Å². The normalized spacial score (nSPS) is 10.4. The van der Waals surface area contributed by atoms with Gasteiger partial charge in [-0.15, -0.1) is 0 Å². The van der Waals surface area contributed by atoms with Crippen LogP contribution in [-0.2, 0) is 12.8 Å². The van der Waals surface area contributed by atoms with Gasteiger partial charge in [0.25, 0.3) is 5.91 Å². The molecule has 2 N–H and O–H groups in total. The molecule has 0 spiro atoms. The van der Waals surface area contributed by atoms with E-state index in [-0.39, 0.29) is 5.91 Å². The zero-order valence-corrected chi connectivity index (χ0v) is 16.2. The maximum absolute atomic E-state index is 12.5. The molecule has 28 heavy (non-hydrogen) atoms. The topological polar surface area (TPSA) is 63.2 Å². The van der Waals surface area contributed by atoms with Crippen LogP contribution in [0.1, 0.15) is 28.4 Å². The van der Waals surface area contributed by atoms with E-state index in [1.54, 1.807) is 19.5 Å². The van der Waals surface area contributed by atoms with Gasteiger partial charge < -0.3 is 15.4 Å². The number of carbonyl (C=O) groups excluding carboxylic acids is 1. The van der Waals surface area contributed by atoms with Crippen molar-refractivity contribution < 1.29 is 9.53 Å². The lowest BCUT2D eigenvalue weighted by atomic mass is 10.1. The quantitative estimate of drug-likeness (QED) is 0.606. The first-order valence-electron chi connectivity index (χ1n) is 9.40. The maximum atomic E-state index is 12.5. The number of amides is 1. The summed E-state index contributed by atoms with van der Waals surface area (Å²) < 4.78 is 5.38. The van der Waals surface area contributed by atoms with Crippen molar-refractivity contribution >= 4 is 17.3 Å². The third-order valence-electron chi connectivity index (χ3n) is 4.54. The molecule has 1 aromatic heterocycles. The summed E-state index contributed by atoms with van der Waals surface area (Å²) >= 11 is 0. The van der Waals surface area contributed by atoms with Crippen molar-refractivity contribution in [2.24, 2.45) is 0 Å². The van der Waals surface area contributed by atoms with Gasteiger partial charge in [-0.3, -0.25) is 9.78 Å². The van der Waals surface area contributed by atoms with Crippen LogP contribution < -0.4 is 15.4 Å². The highest BCUT2D eigenvalue weighted by Gasteiger charge is 2.08. The molecule has 5 nitrogen and oxygen atoms in total. The summed E-state index contributed by atoms with van der Waals surface area (Å²) in [7, 11) is 1.67. The summed E-state index contributed by atoms with van der Waals surface area (Å²) in [5.41, 5.74) is 4.47. The van der Waals surface area contributed by atoms with Gasteiger partial charge in [-0.2, -0.15) is 0 Å². The van der Waals surface area contributed by atoms with Gasteiger partial charge in [0.15, 0.2) is 0 Å². The molecule has 144 valence electrons. The average Bonchev–Trinajstić information content (AvgIpc) is 2.75. The second-order valence-corrected chi connectivity index (χ2v) is 6.46. The number of nitrogens with zero attached hydrogens (tertiary/aromatic N) is 1. The summed E-state index contributed by atoms with van der Waals surface area (Å²) in [6.45, 7) is 2.82. The fraction of sp³-hybridized carbons (Fsp3) is 0.217. The first-order valence-corrected chi connectivity index (χ1v) is 9.40. The van der Waals surface area contributed by atoms with Crippen molar-refractivity contribution in [3.05, 3.63) is 83.7 Å². The van der Waals surface area contributed by atoms with Gasteiger partial charge in [-0.05, 0) is 48.2 Å². The number of carbonyl (C=O) groups is 1. The maximum Gasteiger partial charge on any atom is 0.257 e. The Balaban J connectivity index is 1.59. The molecule has 0 saturated carbocycles. The molecule has 5 heteroatoms. The lowest BCUT2D eigenvalue weighted by Gasteiger charge is -2.11. The first-order chi connectivity index (χ1) is 13.7. The molecular weight excluding hydrogens is 350 g/mol. The van der Waals surface area contributed by atoms with Crippen LogP contribution in [0.5, 0.6) is 5.75 Å². The van der Waals surface area contributed by atoms with E-state index in [1.165, 1.54) is 5.56 Å². The van der Waals surface area contributed by atoms with E-state index in [0.717, 1.165) is 35.5 Å². The predicted molar refractivity (Wildman–Crippen MR) is 113 cm³/mol. The van der Waals surface area contributed by atoms with E-state index < -0.39 is 0 Å². The minimum Gasteiger partial charge on any atom is -0.496 e. The number of pyridine rings is 1. The minimum absolute atomic E-state index is 0.176. The lowest BCUT2D eigenvalue weighted by Crippen LogP contribution is -2.13. The zero-order chi connectivity index (χ0) is 19.8. The van der Waals surface area contributed by atoms with E-state index >= 15 is 0 Å². The molecule has 0 fully saturated rings. The Morgan fingerprint density at radius 1 is 1.04 bits per heavy atom. The molecule has 2 aromatic carbocycles. The van der Waals surface area contributed by atoms with Crippen LogP contribution in [0.25, 0.3) is 0 Å². The van der Waals surface area contributed by atoms with Gasteiger partial charge in [0.2, 0.25) is 0 Å². The van der Waals surface area contributed by atoms with Crippen molar-refractivity contribution in [2.45, 2.75) is 19.8 Å². The summed E-state index contributed by atoms with van der Waals surface area (Å²) in [5, 5.41) is 6.23. The summed E-state index contributed by atoms with van der Waals surface area (Å²) in [4.78, 5) is 16.7. The largest absolute Gasteiger partial charge is 0.496 e. The summed E-state index contributed by atoms with van der Waals surface area (Å²) in [5.74, 6) is 0.703. The molecule has 3 aromatic rings. The van der Waals surface area contributed by atoms with E-state index in [4.69, 9.17) is 4.74 Å². The Kier molecular flexibility index (Phi) is 6.63. The molecule has 0 bridgehead atoms. The predicted octanol–water partition coefficient (Wildman–Crippen LogP) is 4.56. The number of aromatic nitrogens is 1. The highest BCUT2D eigenvalue weighted by molar-refractivity contribution is 6.04. The van der Waals surface area contributed by atoms with Crippen LogP contribution in [0.4, 0.5) is 11.4 Å². The van der Waals surface area contributed by atoms with E-state index in [0.29, 0.717) is 12.1 Å². The van der Waals surface area contributed by atoms with Crippen LogP contribution in [0.15, 0.2) is 67.0 Å². The molecular formula is C23H25N3O2. The summed E-state index contributed by atoms with van der Waals surface area (Å²) in [6, 6.07) is 17.6. The van der Waals surface area contributed by atoms with Gasteiger partial charge >= 0.3 is 0 Å². The molecule has 0 aliphatic heterocycles. The highest BCUT2D eigenvalue weighted by Crippen LogP contribution is 2.18. The standard InChI is InChI=1S/C23H25N3O2/c1-3-17-8-10-20(11-9-17)26-23(27)19-14-21(16-24-15-19)25-13-12-18-6-4-5-7-22(18)28-2/h4-11,14-16,25H,3,12-13H2,1-2H3,(H,26,27). The van der Waals surface area contributed by atoms with Gasteiger partial charge in [0.1, 0.15) is 5.75 Å². The highest BCUT2D eigenvalue weighted by atomic mass is 16.5. The van der Waals surface area contributed by atoms with Gasteiger partial charge in [-0.25, -0.2) is 0 Å². The van der Waals surface area contributed by atoms with Crippen molar-refractivity contribution in [1.82, 2.24) is 4.98 Å². The van der Waals surface area contributed by atoms with Crippen LogP contribution in [0, 0.1) is 0 Å². The van der Waals surface area contributed by atoms with Crippen molar-refractivity contribution in [1.29, 1.82) is 0 Å². The first kappa shape index (κ1) is 19.4. The molecule has 0 saturated heterocycles. The van der Waals surface area contributed by atoms with Crippen LogP contribution in [0.3, 0.4) is 0 Å². The van der Waals surface area contributed by atoms with Crippen molar-refractivity contribution in [2.75, 3.05) is 24.3 Å². The average molecular weight is 375 g/mol. The Morgan fingerprint density at radius 2 is 1.82 bits per heavy atom. The Labute approximate surface area is 165 Å². The Bertz CT molecular complexity index is 923. The number of hydrogen-bond donors (Lipinski definition) is 2. The Morgan fingerprint density at radius 3 is 2.57 bits per heavy atom. The fourth-order valence-corrected chi connectivity index (χ4v) is 2.94. The number of ether oxygens (including phenoxy) is 1. The summed E-state index contributed by atoms with van der Waals surface area (Å²) in [6.07, 6.45) is 5.07. The monoisotopic (exact) mass is 375 g/mol. The lowest BCUT2D eigenvalue weighted by molar-refractivity contribution is 0.102. The molecule has 0 unspecified atom stereocenters. The fourth-order valence-electron chi connectivity index (χ4n) is 2.94. The smallest absolute Gasteiger partial charge is 0.257 e. The number of nitrogens with one attached hydrogen (secondary N) is 2. The number of anilines is 2. The van der Waals surface area contributed by atoms with Crippen LogP contribution >= 0.6 is 0 Å². The minimum atomic E-state index is -0.176. The second-order valence-electron chi connectivity index (χ2n) is 6.46. The molecule has 1 heterocycles. The van der Waals surface area contributed by atoms with Crippen molar-refractivity contribution in [3.63, 3.8) is 0 Å². The number of para-hydroxylation sites is 1. The van der Waals surface area contributed by atoms with E-state index in [1.807, 2.05) is 54.6 Å². The molecule has 0 atom stereocenters. The zero-order valence-electron chi connectivity index (χ0n) is 16.2. The third kappa shape index (κ3) is 5.10. The van der Waals surface area contributed by atoms with Gasteiger partial charge in [-0.1, -0.05) is 37.3 Å². The molecule has 3 rings (SSSR count). The van der Waals surface area contributed by atoms with E-state index in [2.05, 4.69) is 22.5 Å². The number of methoxy groups -OCH3 is 1. The molecule has 1 amide bonds. The number of aryl methyl sites for hydroxylation is 1. The van der Waals surface area contributed by atoms with E-state index in [9.17, 15) is 4.79 Å². The number of rotatable bonds is 8. The van der Waals surface area contributed by atoms with Crippen LogP contribution in [0.2, 0.25) is 0 Å². The second kappa shape index (κ2) is 9.55. The number of hydrogen-bond acceptors (Lipinski definition) is 4. The van der Waals surface area contributed by atoms with Crippen LogP contribution in [-0.4, -0.2) is 24.5 Å².